The minimum atomic E-state index is 0.667. The highest BCUT2D eigenvalue weighted by molar-refractivity contribution is 5.62. The molecule has 0 aliphatic carbocycles. The van der Waals surface area contributed by atoms with Crippen LogP contribution in [0.25, 0.3) is 11.4 Å². The van der Waals surface area contributed by atoms with Gasteiger partial charge in [0.25, 0.3) is 0 Å². The second-order valence-electron chi connectivity index (χ2n) is 4.73. The van der Waals surface area contributed by atoms with E-state index in [9.17, 15) is 0 Å². The third-order valence-corrected chi connectivity index (χ3v) is 3.12. The maximum Gasteiger partial charge on any atom is 0.161 e. The second kappa shape index (κ2) is 6.05. The summed E-state index contributed by atoms with van der Waals surface area (Å²) < 4.78 is 0. The summed E-state index contributed by atoms with van der Waals surface area (Å²) in [5.41, 5.74) is 8.63. The average Bonchev–Trinajstić information content (AvgIpc) is 2.54. The molecule has 0 atom stereocenters. The maximum atomic E-state index is 5.80. The molecule has 2 aromatic carbocycles. The first-order chi connectivity index (χ1) is 10.3. The minimum Gasteiger partial charge on any atom is -0.399 e. The quantitative estimate of drug-likeness (QED) is 0.717. The summed E-state index contributed by atoms with van der Waals surface area (Å²) in [7, 11) is 0. The number of benzene rings is 2. The zero-order valence-electron chi connectivity index (χ0n) is 11.5. The predicted molar refractivity (Wildman–Crippen MR) is 85.6 cm³/mol. The standard InChI is InChI=1S/C17H16N4/c18-15-8-4-7-14(11-15)17-19-10-9-16(21-17)20-12-13-5-2-1-3-6-13/h1-11H,12,18H2,(H,19,20,21). The zero-order valence-corrected chi connectivity index (χ0v) is 11.5. The van der Waals surface area contributed by atoms with E-state index in [0.717, 1.165) is 17.9 Å². The van der Waals surface area contributed by atoms with Gasteiger partial charge in [-0.1, -0.05) is 42.5 Å². The van der Waals surface area contributed by atoms with E-state index in [1.54, 1.807) is 6.20 Å². The van der Waals surface area contributed by atoms with E-state index >= 15 is 0 Å². The molecule has 0 unspecified atom stereocenters. The molecule has 4 nitrogen and oxygen atoms in total. The first kappa shape index (κ1) is 13.1. The number of nitrogens with zero attached hydrogens (tertiary/aromatic N) is 2. The van der Waals surface area contributed by atoms with Crippen LogP contribution in [0.2, 0.25) is 0 Å². The lowest BCUT2D eigenvalue weighted by Gasteiger charge is -2.07. The summed E-state index contributed by atoms with van der Waals surface area (Å²) >= 11 is 0. The van der Waals surface area contributed by atoms with Gasteiger partial charge in [-0.05, 0) is 23.8 Å². The van der Waals surface area contributed by atoms with Gasteiger partial charge in [-0.3, -0.25) is 0 Å². The van der Waals surface area contributed by atoms with E-state index in [1.165, 1.54) is 5.56 Å². The molecule has 0 saturated heterocycles. The van der Waals surface area contributed by atoms with Crippen molar-refractivity contribution in [2.45, 2.75) is 6.54 Å². The molecule has 0 spiro atoms. The number of rotatable bonds is 4. The number of nitrogens with two attached hydrogens (primary N) is 1. The molecule has 0 amide bonds. The molecule has 104 valence electrons. The molecule has 1 aromatic heterocycles. The molecular weight excluding hydrogens is 260 g/mol. The van der Waals surface area contributed by atoms with Crippen molar-refractivity contribution in [3.63, 3.8) is 0 Å². The Morgan fingerprint density at radius 3 is 2.62 bits per heavy atom. The molecule has 0 fully saturated rings. The Kier molecular flexibility index (Phi) is 3.78. The van der Waals surface area contributed by atoms with Gasteiger partial charge < -0.3 is 11.1 Å². The summed E-state index contributed by atoms with van der Waals surface area (Å²) in [6.45, 7) is 0.730. The summed E-state index contributed by atoms with van der Waals surface area (Å²) in [5, 5.41) is 3.30. The fourth-order valence-corrected chi connectivity index (χ4v) is 2.06. The lowest BCUT2D eigenvalue weighted by molar-refractivity contribution is 1.09. The third kappa shape index (κ3) is 3.36. The highest BCUT2D eigenvalue weighted by Gasteiger charge is 2.03. The van der Waals surface area contributed by atoms with Crippen LogP contribution in [0.4, 0.5) is 11.5 Å². The highest BCUT2D eigenvalue weighted by Crippen LogP contribution is 2.18. The van der Waals surface area contributed by atoms with Crippen LogP contribution in [0.5, 0.6) is 0 Å². The van der Waals surface area contributed by atoms with Gasteiger partial charge in [0, 0.05) is 24.0 Å². The van der Waals surface area contributed by atoms with Gasteiger partial charge in [-0.2, -0.15) is 0 Å². The molecule has 0 bridgehead atoms. The average molecular weight is 276 g/mol. The Morgan fingerprint density at radius 1 is 0.952 bits per heavy atom. The molecule has 0 saturated carbocycles. The molecule has 4 heteroatoms. The van der Waals surface area contributed by atoms with Gasteiger partial charge in [0.15, 0.2) is 5.82 Å². The van der Waals surface area contributed by atoms with Crippen molar-refractivity contribution in [1.82, 2.24) is 9.97 Å². The Bertz CT molecular complexity index is 726. The molecule has 3 aromatic rings. The Hall–Kier alpha value is -2.88. The Morgan fingerprint density at radius 2 is 1.81 bits per heavy atom. The van der Waals surface area contributed by atoms with Crippen LogP contribution >= 0.6 is 0 Å². The van der Waals surface area contributed by atoms with Crippen molar-refractivity contribution in [2.75, 3.05) is 11.1 Å². The SMILES string of the molecule is Nc1cccc(-c2nccc(NCc3ccccc3)n2)c1. The zero-order chi connectivity index (χ0) is 14.5. The van der Waals surface area contributed by atoms with Gasteiger partial charge in [-0.15, -0.1) is 0 Å². The lowest BCUT2D eigenvalue weighted by Crippen LogP contribution is -2.02. The van der Waals surface area contributed by atoms with Gasteiger partial charge in [0.05, 0.1) is 0 Å². The number of anilines is 2. The van der Waals surface area contributed by atoms with Crippen LogP contribution in [-0.4, -0.2) is 9.97 Å². The topological polar surface area (TPSA) is 63.8 Å². The van der Waals surface area contributed by atoms with Crippen molar-refractivity contribution in [1.29, 1.82) is 0 Å². The molecule has 0 radical (unpaired) electrons. The van der Waals surface area contributed by atoms with Crippen LogP contribution in [-0.2, 0) is 6.54 Å². The molecule has 21 heavy (non-hydrogen) atoms. The van der Waals surface area contributed by atoms with Crippen LogP contribution in [0.15, 0.2) is 66.9 Å². The molecule has 3 N–H and O–H groups in total. The molecule has 1 heterocycles. The first-order valence-corrected chi connectivity index (χ1v) is 6.78. The fraction of sp³-hybridized carbons (Fsp3) is 0.0588. The fourth-order valence-electron chi connectivity index (χ4n) is 2.06. The van der Waals surface area contributed by atoms with Crippen LogP contribution in [0.1, 0.15) is 5.56 Å². The van der Waals surface area contributed by atoms with Crippen molar-refractivity contribution in [3.8, 4) is 11.4 Å². The number of hydrogen-bond acceptors (Lipinski definition) is 4. The summed E-state index contributed by atoms with van der Waals surface area (Å²) in [4.78, 5) is 8.82. The summed E-state index contributed by atoms with van der Waals surface area (Å²) in [5.74, 6) is 1.46. The minimum absolute atomic E-state index is 0.667. The monoisotopic (exact) mass is 276 g/mol. The normalized spacial score (nSPS) is 10.3. The van der Waals surface area contributed by atoms with Crippen LogP contribution in [0.3, 0.4) is 0 Å². The maximum absolute atomic E-state index is 5.80. The Labute approximate surface area is 123 Å². The highest BCUT2D eigenvalue weighted by atomic mass is 15.0. The van der Waals surface area contributed by atoms with Gasteiger partial charge >= 0.3 is 0 Å². The van der Waals surface area contributed by atoms with Crippen molar-refractivity contribution in [3.05, 3.63) is 72.4 Å². The molecule has 3 rings (SSSR count). The molecular formula is C17H16N4. The van der Waals surface area contributed by atoms with Gasteiger partial charge in [0.1, 0.15) is 5.82 Å². The summed E-state index contributed by atoms with van der Waals surface area (Å²) in [6.07, 6.45) is 1.75. The molecule has 0 aliphatic rings. The van der Waals surface area contributed by atoms with Gasteiger partial charge in [0.2, 0.25) is 0 Å². The predicted octanol–water partition coefficient (Wildman–Crippen LogP) is 3.34. The van der Waals surface area contributed by atoms with Gasteiger partial charge in [-0.25, -0.2) is 9.97 Å². The smallest absolute Gasteiger partial charge is 0.161 e. The second-order valence-corrected chi connectivity index (χ2v) is 4.73. The number of aromatic nitrogens is 2. The molecule has 0 aliphatic heterocycles. The number of nitrogen functional groups attached to an aromatic ring is 1. The van der Waals surface area contributed by atoms with Crippen LogP contribution < -0.4 is 11.1 Å². The van der Waals surface area contributed by atoms with E-state index < -0.39 is 0 Å². The first-order valence-electron chi connectivity index (χ1n) is 6.78. The van der Waals surface area contributed by atoms with Crippen LogP contribution in [0, 0.1) is 0 Å². The van der Waals surface area contributed by atoms with Crippen molar-refractivity contribution < 1.29 is 0 Å². The van der Waals surface area contributed by atoms with E-state index in [2.05, 4.69) is 27.4 Å². The van der Waals surface area contributed by atoms with E-state index in [1.807, 2.05) is 48.5 Å². The largest absolute Gasteiger partial charge is 0.399 e. The Balaban J connectivity index is 1.77. The van der Waals surface area contributed by atoms with Crippen molar-refractivity contribution in [2.24, 2.45) is 0 Å². The summed E-state index contributed by atoms with van der Waals surface area (Å²) in [6, 6.07) is 19.6. The number of nitrogens with one attached hydrogen (secondary N) is 1. The van der Waals surface area contributed by atoms with E-state index in [4.69, 9.17) is 5.73 Å². The third-order valence-electron chi connectivity index (χ3n) is 3.12. The van der Waals surface area contributed by atoms with E-state index in [-0.39, 0.29) is 0 Å². The van der Waals surface area contributed by atoms with Crippen molar-refractivity contribution >= 4 is 11.5 Å². The van der Waals surface area contributed by atoms with E-state index in [0.29, 0.717) is 11.5 Å². The number of hydrogen-bond donors (Lipinski definition) is 2. The lowest BCUT2D eigenvalue weighted by atomic mass is 10.2.